The van der Waals surface area contributed by atoms with Gasteiger partial charge in [0.2, 0.25) is 11.8 Å². The monoisotopic (exact) mass is 366 g/mol. The van der Waals surface area contributed by atoms with Gasteiger partial charge in [-0.05, 0) is 31.1 Å². The molecule has 8 nitrogen and oxygen atoms in total. The smallest absolute Gasteiger partial charge is 0.266 e. The Balaban J connectivity index is 1.43. The zero-order valence-corrected chi connectivity index (χ0v) is 15.5. The first-order valence-corrected chi connectivity index (χ1v) is 9.10. The van der Waals surface area contributed by atoms with E-state index in [0.29, 0.717) is 30.3 Å². The lowest BCUT2D eigenvalue weighted by Gasteiger charge is -2.34. The Labute approximate surface area is 157 Å². The third kappa shape index (κ3) is 3.84. The van der Waals surface area contributed by atoms with Crippen LogP contribution in [0.25, 0.3) is 11.5 Å². The highest BCUT2D eigenvalue weighted by atomic mass is 16.5. The highest BCUT2D eigenvalue weighted by Crippen LogP contribution is 2.22. The predicted molar refractivity (Wildman–Crippen MR) is 102 cm³/mol. The Kier molecular flexibility index (Phi) is 4.86. The first-order valence-electron chi connectivity index (χ1n) is 9.10. The summed E-state index contributed by atoms with van der Waals surface area (Å²) in [6.07, 6.45) is 0. The number of anilines is 2. The highest BCUT2D eigenvalue weighted by Gasteiger charge is 2.23. The van der Waals surface area contributed by atoms with Gasteiger partial charge in [0.05, 0.1) is 6.61 Å². The van der Waals surface area contributed by atoms with Crippen LogP contribution >= 0.6 is 0 Å². The van der Waals surface area contributed by atoms with Crippen LogP contribution in [0.2, 0.25) is 0 Å². The quantitative estimate of drug-likeness (QED) is 0.682. The summed E-state index contributed by atoms with van der Waals surface area (Å²) in [7, 11) is 0. The van der Waals surface area contributed by atoms with Crippen molar-refractivity contribution in [1.29, 1.82) is 0 Å². The van der Waals surface area contributed by atoms with Crippen molar-refractivity contribution in [1.82, 2.24) is 20.1 Å². The number of hydrogen-bond acceptors (Lipinski definition) is 8. The Hall–Kier alpha value is -3.16. The number of benzene rings is 1. The van der Waals surface area contributed by atoms with Gasteiger partial charge in [0.1, 0.15) is 0 Å². The van der Waals surface area contributed by atoms with Gasteiger partial charge in [0.15, 0.2) is 0 Å². The molecule has 3 heterocycles. The second-order valence-corrected chi connectivity index (χ2v) is 6.32. The standard InChI is InChI=1S/C19H22N6O2/c1-3-26-16-13-14(2)20-18(21-16)24-9-11-25(12-10-24)19-22-17(27-23-19)15-7-5-4-6-8-15/h4-8,13H,3,9-12H2,1-2H3. The average molecular weight is 366 g/mol. The molecule has 1 aromatic carbocycles. The maximum atomic E-state index is 5.53. The third-order valence-corrected chi connectivity index (χ3v) is 4.39. The lowest BCUT2D eigenvalue weighted by Crippen LogP contribution is -2.47. The van der Waals surface area contributed by atoms with Crippen LogP contribution in [0, 0.1) is 6.92 Å². The Bertz CT molecular complexity index is 890. The van der Waals surface area contributed by atoms with Crippen LogP contribution in [0.5, 0.6) is 5.88 Å². The fourth-order valence-corrected chi connectivity index (χ4v) is 3.04. The van der Waals surface area contributed by atoms with Gasteiger partial charge in [0.25, 0.3) is 11.8 Å². The molecule has 0 spiro atoms. The Morgan fingerprint density at radius 1 is 0.963 bits per heavy atom. The minimum absolute atomic E-state index is 0.538. The Morgan fingerprint density at radius 2 is 1.67 bits per heavy atom. The molecule has 0 bridgehead atoms. The van der Waals surface area contributed by atoms with E-state index in [-0.39, 0.29) is 0 Å². The molecule has 0 amide bonds. The lowest BCUT2D eigenvalue weighted by molar-refractivity contribution is 0.325. The molecule has 8 heteroatoms. The molecule has 1 saturated heterocycles. The van der Waals surface area contributed by atoms with Crippen LogP contribution < -0.4 is 14.5 Å². The van der Waals surface area contributed by atoms with E-state index in [0.717, 1.165) is 37.4 Å². The van der Waals surface area contributed by atoms with E-state index in [1.165, 1.54) is 0 Å². The minimum atomic E-state index is 0.538. The van der Waals surface area contributed by atoms with Crippen LogP contribution in [-0.2, 0) is 0 Å². The minimum Gasteiger partial charge on any atom is -0.478 e. The number of nitrogens with zero attached hydrogens (tertiary/aromatic N) is 6. The summed E-state index contributed by atoms with van der Waals surface area (Å²) in [5.41, 5.74) is 1.82. The van der Waals surface area contributed by atoms with Crippen molar-refractivity contribution < 1.29 is 9.26 Å². The number of aromatic nitrogens is 4. The van der Waals surface area contributed by atoms with Crippen molar-refractivity contribution in [2.75, 3.05) is 42.6 Å². The van der Waals surface area contributed by atoms with Crippen molar-refractivity contribution >= 4 is 11.9 Å². The Morgan fingerprint density at radius 3 is 2.37 bits per heavy atom. The molecular weight excluding hydrogens is 344 g/mol. The van der Waals surface area contributed by atoms with Crippen LogP contribution in [-0.4, -0.2) is 52.9 Å². The van der Waals surface area contributed by atoms with Gasteiger partial charge in [-0.25, -0.2) is 4.98 Å². The van der Waals surface area contributed by atoms with Crippen molar-refractivity contribution in [3.8, 4) is 17.3 Å². The molecule has 27 heavy (non-hydrogen) atoms. The van der Waals surface area contributed by atoms with Crippen molar-refractivity contribution in [3.05, 3.63) is 42.1 Å². The maximum absolute atomic E-state index is 5.53. The normalized spacial score (nSPS) is 14.4. The first kappa shape index (κ1) is 17.3. The molecule has 4 rings (SSSR count). The van der Waals surface area contributed by atoms with Crippen LogP contribution in [0.1, 0.15) is 12.6 Å². The second kappa shape index (κ2) is 7.61. The number of piperazine rings is 1. The summed E-state index contributed by atoms with van der Waals surface area (Å²) >= 11 is 0. The van der Waals surface area contributed by atoms with Crippen LogP contribution in [0.15, 0.2) is 40.9 Å². The number of ether oxygens (including phenoxy) is 1. The fraction of sp³-hybridized carbons (Fsp3) is 0.368. The van der Waals surface area contributed by atoms with E-state index in [2.05, 4.69) is 29.9 Å². The van der Waals surface area contributed by atoms with Gasteiger partial charge < -0.3 is 19.1 Å². The highest BCUT2D eigenvalue weighted by molar-refractivity contribution is 5.54. The van der Waals surface area contributed by atoms with Crippen LogP contribution in [0.3, 0.4) is 0 Å². The summed E-state index contributed by atoms with van der Waals surface area (Å²) in [6.45, 7) is 7.60. The lowest BCUT2D eigenvalue weighted by atomic mass is 10.2. The van der Waals surface area contributed by atoms with Crippen molar-refractivity contribution in [2.24, 2.45) is 0 Å². The van der Waals surface area contributed by atoms with Gasteiger partial charge in [-0.15, -0.1) is 0 Å². The predicted octanol–water partition coefficient (Wildman–Crippen LogP) is 2.56. The molecule has 0 unspecified atom stereocenters. The number of hydrogen-bond donors (Lipinski definition) is 0. The van der Waals surface area contributed by atoms with Gasteiger partial charge in [-0.3, -0.25) is 0 Å². The second-order valence-electron chi connectivity index (χ2n) is 6.32. The van der Waals surface area contributed by atoms with Gasteiger partial charge in [-0.2, -0.15) is 9.97 Å². The summed E-state index contributed by atoms with van der Waals surface area (Å²) in [5.74, 6) is 2.48. The maximum Gasteiger partial charge on any atom is 0.266 e. The first-order chi connectivity index (χ1) is 13.2. The fourth-order valence-electron chi connectivity index (χ4n) is 3.04. The third-order valence-electron chi connectivity index (χ3n) is 4.39. The van der Waals surface area contributed by atoms with E-state index in [9.17, 15) is 0 Å². The van der Waals surface area contributed by atoms with E-state index >= 15 is 0 Å². The van der Waals surface area contributed by atoms with E-state index in [1.807, 2.05) is 50.2 Å². The van der Waals surface area contributed by atoms with Crippen LogP contribution in [0.4, 0.5) is 11.9 Å². The van der Waals surface area contributed by atoms with E-state index in [1.54, 1.807) is 0 Å². The molecule has 0 saturated carbocycles. The summed E-state index contributed by atoms with van der Waals surface area (Å²) in [5, 5.41) is 4.14. The summed E-state index contributed by atoms with van der Waals surface area (Å²) in [4.78, 5) is 17.9. The van der Waals surface area contributed by atoms with E-state index in [4.69, 9.17) is 9.26 Å². The zero-order chi connectivity index (χ0) is 18.6. The molecule has 0 aliphatic carbocycles. The van der Waals surface area contributed by atoms with Gasteiger partial charge >= 0.3 is 0 Å². The molecule has 1 aliphatic heterocycles. The summed E-state index contributed by atoms with van der Waals surface area (Å²) < 4.78 is 10.9. The van der Waals surface area contributed by atoms with Crippen molar-refractivity contribution in [2.45, 2.75) is 13.8 Å². The molecule has 2 aromatic heterocycles. The topological polar surface area (TPSA) is 80.4 Å². The number of aryl methyl sites for hydroxylation is 1. The molecule has 0 radical (unpaired) electrons. The molecule has 140 valence electrons. The molecule has 0 atom stereocenters. The zero-order valence-electron chi connectivity index (χ0n) is 15.5. The molecule has 1 fully saturated rings. The SMILES string of the molecule is CCOc1cc(C)nc(N2CCN(c3noc(-c4ccccc4)n3)CC2)n1. The van der Waals surface area contributed by atoms with Crippen molar-refractivity contribution in [3.63, 3.8) is 0 Å². The molecule has 1 aliphatic rings. The average Bonchev–Trinajstić information content (AvgIpc) is 3.19. The van der Waals surface area contributed by atoms with Gasteiger partial charge in [-0.1, -0.05) is 18.2 Å². The molecule has 3 aromatic rings. The largest absolute Gasteiger partial charge is 0.478 e. The van der Waals surface area contributed by atoms with E-state index < -0.39 is 0 Å². The molecule has 0 N–H and O–H groups in total. The number of rotatable bonds is 5. The van der Waals surface area contributed by atoms with Gasteiger partial charge in [0, 0.05) is 43.5 Å². The molecular formula is C19H22N6O2. The summed E-state index contributed by atoms with van der Waals surface area (Å²) in [6, 6.07) is 11.6.